The fraction of sp³-hybridized carbons (Fsp3) is 0.231. The molecule has 0 aromatic heterocycles. The maximum atomic E-state index is 13.2. The fourth-order valence-electron chi connectivity index (χ4n) is 3.75. The van der Waals surface area contributed by atoms with Gasteiger partial charge >= 0.3 is 0 Å². The Morgan fingerprint density at radius 1 is 1.03 bits per heavy atom. The summed E-state index contributed by atoms with van der Waals surface area (Å²) in [7, 11) is 0. The first-order valence-corrected chi connectivity index (χ1v) is 12.0. The van der Waals surface area contributed by atoms with Crippen molar-refractivity contribution in [3.8, 4) is 11.5 Å². The lowest BCUT2D eigenvalue weighted by Crippen LogP contribution is -2.36. The molecule has 1 aliphatic rings. The smallest absolute Gasteiger partial charge is 0.243 e. The van der Waals surface area contributed by atoms with Crippen LogP contribution in [-0.4, -0.2) is 25.0 Å². The number of nitrogens with zero attached hydrogens (tertiary/aromatic N) is 1. The first-order chi connectivity index (χ1) is 17.3. The SMILES string of the molecule is CCOc1cc(NNC(=O)[C@H]2CC(=O)N(c3ccc(F)cc3)C2)ccc1OCc1ccc(Cl)c(Cl)c1. The molecule has 0 aliphatic carbocycles. The molecule has 2 N–H and O–H groups in total. The summed E-state index contributed by atoms with van der Waals surface area (Å²) < 4.78 is 24.8. The second kappa shape index (κ2) is 11.5. The Kier molecular flexibility index (Phi) is 8.18. The number of anilines is 2. The highest BCUT2D eigenvalue weighted by Gasteiger charge is 2.35. The summed E-state index contributed by atoms with van der Waals surface area (Å²) in [5.41, 5.74) is 7.50. The number of carbonyl (C=O) groups excluding carboxylic acids is 2. The van der Waals surface area contributed by atoms with E-state index in [0.29, 0.717) is 39.5 Å². The first kappa shape index (κ1) is 25.6. The van der Waals surface area contributed by atoms with Crippen LogP contribution < -0.4 is 25.2 Å². The van der Waals surface area contributed by atoms with E-state index in [-0.39, 0.29) is 37.2 Å². The van der Waals surface area contributed by atoms with Gasteiger partial charge in [-0.1, -0.05) is 29.3 Å². The zero-order valence-electron chi connectivity index (χ0n) is 19.4. The van der Waals surface area contributed by atoms with Gasteiger partial charge in [0.2, 0.25) is 11.8 Å². The van der Waals surface area contributed by atoms with E-state index in [0.717, 1.165) is 5.56 Å². The van der Waals surface area contributed by atoms with Crippen molar-refractivity contribution >= 4 is 46.4 Å². The summed E-state index contributed by atoms with van der Waals surface area (Å²) in [6.45, 7) is 2.75. The van der Waals surface area contributed by atoms with Gasteiger partial charge in [-0.05, 0) is 61.0 Å². The summed E-state index contributed by atoms with van der Waals surface area (Å²) in [4.78, 5) is 26.6. The number of hydrogen-bond acceptors (Lipinski definition) is 5. The Morgan fingerprint density at radius 3 is 2.53 bits per heavy atom. The monoisotopic (exact) mass is 531 g/mol. The Balaban J connectivity index is 1.35. The average Bonchev–Trinajstić information content (AvgIpc) is 3.26. The van der Waals surface area contributed by atoms with Crippen molar-refractivity contribution in [2.45, 2.75) is 20.0 Å². The predicted octanol–water partition coefficient (Wildman–Crippen LogP) is 5.61. The minimum atomic E-state index is -0.546. The molecule has 1 aliphatic heterocycles. The lowest BCUT2D eigenvalue weighted by molar-refractivity contribution is -0.125. The van der Waals surface area contributed by atoms with Crippen LogP contribution in [0.3, 0.4) is 0 Å². The Labute approximate surface area is 218 Å². The normalized spacial score (nSPS) is 15.1. The third-order valence-electron chi connectivity index (χ3n) is 5.59. The van der Waals surface area contributed by atoms with Crippen molar-refractivity contribution in [1.82, 2.24) is 5.43 Å². The molecule has 0 saturated carbocycles. The average molecular weight is 532 g/mol. The van der Waals surface area contributed by atoms with Crippen LogP contribution >= 0.6 is 23.2 Å². The minimum absolute atomic E-state index is 0.0660. The van der Waals surface area contributed by atoms with Crippen molar-refractivity contribution in [3.05, 3.63) is 82.1 Å². The number of hydrazine groups is 1. The van der Waals surface area contributed by atoms with E-state index in [9.17, 15) is 14.0 Å². The molecule has 1 atom stereocenters. The lowest BCUT2D eigenvalue weighted by Gasteiger charge is -2.17. The highest BCUT2D eigenvalue weighted by molar-refractivity contribution is 6.42. The van der Waals surface area contributed by atoms with Crippen LogP contribution in [0.25, 0.3) is 0 Å². The van der Waals surface area contributed by atoms with Gasteiger partial charge in [0, 0.05) is 24.7 Å². The number of carbonyl (C=O) groups is 2. The van der Waals surface area contributed by atoms with E-state index in [2.05, 4.69) is 10.9 Å². The van der Waals surface area contributed by atoms with Gasteiger partial charge in [0.05, 0.1) is 28.3 Å². The number of benzene rings is 3. The third kappa shape index (κ3) is 6.19. The molecular formula is C26H24Cl2FN3O4. The second-order valence-electron chi connectivity index (χ2n) is 8.13. The van der Waals surface area contributed by atoms with Crippen LogP contribution in [0.4, 0.5) is 15.8 Å². The van der Waals surface area contributed by atoms with Crippen molar-refractivity contribution in [2.75, 3.05) is 23.5 Å². The molecule has 3 aromatic rings. The van der Waals surface area contributed by atoms with Crippen LogP contribution in [0.2, 0.25) is 10.0 Å². The van der Waals surface area contributed by atoms with Gasteiger partial charge in [0.15, 0.2) is 11.5 Å². The van der Waals surface area contributed by atoms with Gasteiger partial charge in [-0.15, -0.1) is 0 Å². The van der Waals surface area contributed by atoms with Crippen LogP contribution in [0.5, 0.6) is 11.5 Å². The van der Waals surface area contributed by atoms with E-state index in [4.69, 9.17) is 32.7 Å². The van der Waals surface area contributed by atoms with Crippen LogP contribution in [0.15, 0.2) is 60.7 Å². The van der Waals surface area contributed by atoms with E-state index < -0.39 is 5.92 Å². The lowest BCUT2D eigenvalue weighted by atomic mass is 10.1. The van der Waals surface area contributed by atoms with Crippen LogP contribution in [0.1, 0.15) is 18.9 Å². The molecule has 2 amide bonds. The molecule has 4 rings (SSSR count). The van der Waals surface area contributed by atoms with Crippen molar-refractivity contribution < 1.29 is 23.5 Å². The second-order valence-corrected chi connectivity index (χ2v) is 8.94. The number of ether oxygens (including phenoxy) is 2. The largest absolute Gasteiger partial charge is 0.490 e. The zero-order valence-corrected chi connectivity index (χ0v) is 20.9. The number of hydrogen-bond donors (Lipinski definition) is 2. The molecular weight excluding hydrogens is 508 g/mol. The predicted molar refractivity (Wildman–Crippen MR) is 137 cm³/mol. The molecule has 1 saturated heterocycles. The van der Waals surface area contributed by atoms with Gasteiger partial charge in [-0.3, -0.25) is 20.4 Å². The van der Waals surface area contributed by atoms with Gasteiger partial charge in [-0.2, -0.15) is 0 Å². The van der Waals surface area contributed by atoms with Gasteiger partial charge < -0.3 is 14.4 Å². The van der Waals surface area contributed by atoms with Gasteiger partial charge in [-0.25, -0.2) is 4.39 Å². The number of nitrogens with one attached hydrogen (secondary N) is 2. The summed E-state index contributed by atoms with van der Waals surface area (Å²) in [6, 6.07) is 16.0. The highest BCUT2D eigenvalue weighted by atomic mass is 35.5. The van der Waals surface area contributed by atoms with Gasteiger partial charge in [0.25, 0.3) is 0 Å². The Morgan fingerprint density at radius 2 is 1.81 bits per heavy atom. The van der Waals surface area contributed by atoms with Crippen LogP contribution in [-0.2, 0) is 16.2 Å². The van der Waals surface area contributed by atoms with Crippen LogP contribution in [0, 0.1) is 11.7 Å². The quantitative estimate of drug-likeness (QED) is 0.351. The molecule has 36 heavy (non-hydrogen) atoms. The molecule has 0 unspecified atom stereocenters. The molecule has 7 nitrogen and oxygen atoms in total. The van der Waals surface area contributed by atoms with Crippen molar-refractivity contribution in [2.24, 2.45) is 5.92 Å². The van der Waals surface area contributed by atoms with E-state index >= 15 is 0 Å². The number of amides is 2. The molecule has 1 fully saturated rings. The third-order valence-corrected chi connectivity index (χ3v) is 6.33. The molecule has 10 heteroatoms. The van der Waals surface area contributed by atoms with Gasteiger partial charge in [0.1, 0.15) is 12.4 Å². The Hall–Kier alpha value is -3.49. The minimum Gasteiger partial charge on any atom is -0.490 e. The fourth-order valence-corrected chi connectivity index (χ4v) is 4.07. The first-order valence-electron chi connectivity index (χ1n) is 11.3. The summed E-state index contributed by atoms with van der Waals surface area (Å²) >= 11 is 12.0. The highest BCUT2D eigenvalue weighted by Crippen LogP contribution is 2.32. The topological polar surface area (TPSA) is 79.9 Å². The number of rotatable bonds is 9. The maximum absolute atomic E-state index is 13.2. The van der Waals surface area contributed by atoms with Crippen molar-refractivity contribution in [3.63, 3.8) is 0 Å². The molecule has 3 aromatic carbocycles. The van der Waals surface area contributed by atoms with E-state index in [1.807, 2.05) is 13.0 Å². The maximum Gasteiger partial charge on any atom is 0.243 e. The molecule has 0 radical (unpaired) electrons. The molecule has 0 bridgehead atoms. The summed E-state index contributed by atoms with van der Waals surface area (Å²) in [5, 5.41) is 0.917. The molecule has 0 spiro atoms. The molecule has 188 valence electrons. The Bertz CT molecular complexity index is 1260. The number of halogens is 3. The summed E-state index contributed by atoms with van der Waals surface area (Å²) in [5.74, 6) is -0.433. The van der Waals surface area contributed by atoms with E-state index in [1.165, 1.54) is 29.2 Å². The standard InChI is InChI=1S/C26H24Cl2FN3O4/c1-2-35-24-13-19(6-10-23(24)36-15-16-3-9-21(27)22(28)11-16)30-31-26(34)17-12-25(33)32(14-17)20-7-4-18(29)5-8-20/h3-11,13,17,30H,2,12,14-15H2,1H3,(H,31,34)/t17-/m0/s1. The summed E-state index contributed by atoms with van der Waals surface area (Å²) in [6.07, 6.45) is 0.0660. The zero-order chi connectivity index (χ0) is 25.7. The molecule has 1 heterocycles. The van der Waals surface area contributed by atoms with Crippen molar-refractivity contribution in [1.29, 1.82) is 0 Å². The van der Waals surface area contributed by atoms with E-state index in [1.54, 1.807) is 30.3 Å².